The number of nitrogens with zero attached hydrogens (tertiary/aromatic N) is 3. The topological polar surface area (TPSA) is 101 Å². The number of thioether (sulfide) groups is 1. The first kappa shape index (κ1) is 21.4. The second-order valence-electron chi connectivity index (χ2n) is 7.28. The molecule has 1 amide bonds. The van der Waals surface area contributed by atoms with E-state index in [1.54, 1.807) is 48.5 Å². The van der Waals surface area contributed by atoms with E-state index >= 15 is 0 Å². The smallest absolute Gasteiger partial charge is 0.266 e. The highest BCUT2D eigenvalue weighted by molar-refractivity contribution is 7.99. The zero-order valence-electron chi connectivity index (χ0n) is 17.5. The number of nitrogens with one attached hydrogen (secondary N) is 1. The predicted molar refractivity (Wildman–Crippen MR) is 128 cm³/mol. The van der Waals surface area contributed by atoms with Crippen LogP contribution >= 0.6 is 11.8 Å². The number of nitriles is 1. The van der Waals surface area contributed by atoms with Crippen molar-refractivity contribution in [1.82, 2.24) is 9.55 Å². The van der Waals surface area contributed by atoms with Gasteiger partial charge in [0.1, 0.15) is 23.2 Å². The van der Waals surface area contributed by atoms with Gasteiger partial charge in [-0.15, -0.1) is 0 Å². The minimum Gasteiger partial charge on any atom is -0.443 e. The van der Waals surface area contributed by atoms with Crippen LogP contribution in [0.1, 0.15) is 5.76 Å². The van der Waals surface area contributed by atoms with Gasteiger partial charge in [-0.2, -0.15) is 5.26 Å². The molecule has 1 N–H and O–H groups in total. The third kappa shape index (κ3) is 3.91. The number of rotatable bonds is 5. The number of hydrogen-bond acceptors (Lipinski definition) is 6. The fourth-order valence-electron chi connectivity index (χ4n) is 3.58. The van der Waals surface area contributed by atoms with Gasteiger partial charge in [0.05, 0.1) is 22.3 Å². The molecule has 5 rings (SSSR count). The monoisotopic (exact) mass is 470 g/mol. The normalized spacial score (nSPS) is 10.9. The number of carbonyl (C=O) groups is 1. The van der Waals surface area contributed by atoms with Crippen LogP contribution < -0.4 is 10.9 Å². The van der Waals surface area contributed by atoms with E-state index in [0.29, 0.717) is 33.2 Å². The number of furan rings is 1. The molecule has 0 unspecified atom stereocenters. The summed E-state index contributed by atoms with van der Waals surface area (Å²) in [6, 6.07) is 21.3. The number of fused-ring (bicyclic) bond motifs is 2. The summed E-state index contributed by atoms with van der Waals surface area (Å²) >= 11 is 1.06. The lowest BCUT2D eigenvalue weighted by Gasteiger charge is -2.13. The summed E-state index contributed by atoms with van der Waals surface area (Å²) in [4.78, 5) is 30.6. The van der Waals surface area contributed by atoms with E-state index in [0.717, 1.165) is 11.8 Å². The standard InChI is InChI=1S/C25H15FN4O3S/c26-15-9-11-16(12-10-15)30-24(32)17-5-1-3-7-19(17)28-25(30)34-14-22(31)29-23-18-6-2-4-8-20(18)33-21(23)13-27/h1-12H,14H2,(H,29,31). The van der Waals surface area contributed by atoms with Gasteiger partial charge in [-0.05, 0) is 48.5 Å². The maximum Gasteiger partial charge on any atom is 0.266 e. The van der Waals surface area contributed by atoms with Crippen LogP contribution in [0.2, 0.25) is 0 Å². The van der Waals surface area contributed by atoms with Gasteiger partial charge in [-0.25, -0.2) is 9.37 Å². The fourth-order valence-corrected chi connectivity index (χ4v) is 4.39. The lowest BCUT2D eigenvalue weighted by Crippen LogP contribution is -2.23. The van der Waals surface area contributed by atoms with Crippen LogP contribution in [0.5, 0.6) is 0 Å². The van der Waals surface area contributed by atoms with Crippen molar-refractivity contribution in [3.63, 3.8) is 0 Å². The van der Waals surface area contributed by atoms with Crippen molar-refractivity contribution >= 4 is 45.2 Å². The minimum atomic E-state index is -0.431. The van der Waals surface area contributed by atoms with Crippen molar-refractivity contribution in [2.24, 2.45) is 0 Å². The van der Waals surface area contributed by atoms with Crippen molar-refractivity contribution in [1.29, 1.82) is 5.26 Å². The number of carbonyl (C=O) groups excluding carboxylic acids is 1. The molecular weight excluding hydrogens is 455 g/mol. The largest absolute Gasteiger partial charge is 0.443 e. The maximum absolute atomic E-state index is 13.5. The van der Waals surface area contributed by atoms with E-state index in [2.05, 4.69) is 10.3 Å². The van der Waals surface area contributed by atoms with Gasteiger partial charge in [-0.1, -0.05) is 36.0 Å². The number of benzene rings is 3. The van der Waals surface area contributed by atoms with Crippen molar-refractivity contribution in [2.45, 2.75) is 5.16 Å². The number of aromatic nitrogens is 2. The quantitative estimate of drug-likeness (QED) is 0.290. The van der Waals surface area contributed by atoms with Crippen LogP contribution in [0.15, 0.2) is 87.2 Å². The molecule has 0 saturated heterocycles. The molecule has 166 valence electrons. The summed E-state index contributed by atoms with van der Waals surface area (Å²) in [6.45, 7) is 0. The van der Waals surface area contributed by atoms with E-state index < -0.39 is 11.7 Å². The zero-order valence-corrected chi connectivity index (χ0v) is 18.3. The summed E-state index contributed by atoms with van der Waals surface area (Å²) in [5.74, 6) is -0.913. The van der Waals surface area contributed by atoms with Crippen LogP contribution in [-0.2, 0) is 4.79 Å². The molecule has 34 heavy (non-hydrogen) atoms. The van der Waals surface area contributed by atoms with Gasteiger partial charge in [0.2, 0.25) is 11.7 Å². The molecule has 0 fully saturated rings. The third-order valence-electron chi connectivity index (χ3n) is 5.12. The summed E-state index contributed by atoms with van der Waals surface area (Å²) in [5, 5.41) is 13.4. The van der Waals surface area contributed by atoms with E-state index in [4.69, 9.17) is 4.42 Å². The second-order valence-corrected chi connectivity index (χ2v) is 8.22. The van der Waals surface area contributed by atoms with E-state index in [9.17, 15) is 19.2 Å². The molecule has 2 aromatic heterocycles. The highest BCUT2D eigenvalue weighted by Crippen LogP contribution is 2.30. The highest BCUT2D eigenvalue weighted by atomic mass is 32.2. The Morgan fingerprint density at radius 2 is 1.76 bits per heavy atom. The van der Waals surface area contributed by atoms with E-state index in [1.165, 1.54) is 28.8 Å². The Kier molecular flexibility index (Phi) is 5.57. The first-order valence-corrected chi connectivity index (χ1v) is 11.2. The number of hydrogen-bond donors (Lipinski definition) is 1. The lowest BCUT2D eigenvalue weighted by atomic mass is 10.2. The third-order valence-corrected chi connectivity index (χ3v) is 6.06. The molecule has 3 aromatic carbocycles. The Balaban J connectivity index is 1.48. The predicted octanol–water partition coefficient (Wildman–Crippen LogP) is 4.87. The van der Waals surface area contributed by atoms with Gasteiger partial charge >= 0.3 is 0 Å². The number of halogens is 1. The van der Waals surface area contributed by atoms with Crippen LogP contribution in [0.25, 0.3) is 27.6 Å². The minimum absolute atomic E-state index is 0.00611. The molecule has 0 radical (unpaired) electrons. The fraction of sp³-hybridized carbons (Fsp3) is 0.0400. The van der Waals surface area contributed by atoms with Crippen molar-refractivity contribution in [3.8, 4) is 11.8 Å². The van der Waals surface area contributed by atoms with Crippen LogP contribution in [-0.4, -0.2) is 21.2 Å². The first-order chi connectivity index (χ1) is 16.5. The van der Waals surface area contributed by atoms with E-state index in [1.807, 2.05) is 6.07 Å². The second kappa shape index (κ2) is 8.84. The lowest BCUT2D eigenvalue weighted by molar-refractivity contribution is -0.113. The number of para-hydroxylation sites is 2. The van der Waals surface area contributed by atoms with Gasteiger partial charge in [0.15, 0.2) is 5.16 Å². The maximum atomic E-state index is 13.5. The Bertz CT molecular complexity index is 1650. The van der Waals surface area contributed by atoms with Gasteiger partial charge in [0, 0.05) is 5.39 Å². The molecule has 0 aliphatic rings. The molecule has 0 aliphatic heterocycles. The summed E-state index contributed by atoms with van der Waals surface area (Å²) in [6.07, 6.45) is 0. The van der Waals surface area contributed by atoms with Crippen LogP contribution in [0.4, 0.5) is 10.1 Å². The molecule has 0 atom stereocenters. The summed E-state index contributed by atoms with van der Waals surface area (Å²) in [7, 11) is 0. The van der Waals surface area contributed by atoms with E-state index in [-0.39, 0.29) is 22.2 Å². The average Bonchev–Trinajstić information content (AvgIpc) is 3.21. The Hall–Kier alpha value is -4.42. The van der Waals surface area contributed by atoms with Gasteiger partial charge < -0.3 is 9.73 Å². The molecule has 2 heterocycles. The Labute approximate surface area is 196 Å². The highest BCUT2D eigenvalue weighted by Gasteiger charge is 2.18. The molecule has 0 spiro atoms. The summed E-state index contributed by atoms with van der Waals surface area (Å²) in [5.41, 5.74) is 1.38. The van der Waals surface area contributed by atoms with Crippen molar-refractivity contribution < 1.29 is 13.6 Å². The average molecular weight is 470 g/mol. The Morgan fingerprint density at radius 1 is 1.06 bits per heavy atom. The van der Waals surface area contributed by atoms with Crippen LogP contribution in [0, 0.1) is 17.1 Å². The molecule has 0 aliphatic carbocycles. The van der Waals surface area contributed by atoms with Crippen LogP contribution in [0.3, 0.4) is 0 Å². The zero-order chi connectivity index (χ0) is 23.7. The number of amides is 1. The first-order valence-electron chi connectivity index (χ1n) is 10.2. The number of anilines is 1. The molecular formula is C25H15FN4O3S. The summed E-state index contributed by atoms with van der Waals surface area (Å²) < 4.78 is 20.3. The molecule has 9 heteroatoms. The van der Waals surface area contributed by atoms with Crippen molar-refractivity contribution in [2.75, 3.05) is 11.1 Å². The molecule has 7 nitrogen and oxygen atoms in total. The molecule has 0 saturated carbocycles. The Morgan fingerprint density at radius 3 is 2.53 bits per heavy atom. The van der Waals surface area contributed by atoms with Gasteiger partial charge in [-0.3, -0.25) is 14.2 Å². The molecule has 5 aromatic rings. The molecule has 0 bridgehead atoms. The van der Waals surface area contributed by atoms with Gasteiger partial charge in [0.25, 0.3) is 5.56 Å². The SMILES string of the molecule is N#Cc1oc2ccccc2c1NC(=O)CSc1nc2ccccc2c(=O)n1-c1ccc(F)cc1. The van der Waals surface area contributed by atoms with Crippen molar-refractivity contribution in [3.05, 3.63) is 94.7 Å².